The van der Waals surface area contributed by atoms with Crippen LogP contribution in [-0.2, 0) is 16.6 Å². The van der Waals surface area contributed by atoms with Gasteiger partial charge in [-0.05, 0) is 29.1 Å². The molecule has 108 valence electrons. The van der Waals surface area contributed by atoms with E-state index in [-0.39, 0.29) is 21.9 Å². The van der Waals surface area contributed by atoms with E-state index >= 15 is 0 Å². The van der Waals surface area contributed by atoms with Crippen molar-refractivity contribution in [2.24, 2.45) is 0 Å². The standard InChI is InChI=1S/C13H9NO5S2/c15-12-9-3-1-2-4-10(9)21(18,19)14(12)7-8-5-6-20-11(8)13(16)17/h1-6H,7H2,(H,16,17). The van der Waals surface area contributed by atoms with Gasteiger partial charge in [0, 0.05) is 0 Å². The number of hydrogen-bond donors (Lipinski definition) is 1. The number of thiophene rings is 1. The summed E-state index contributed by atoms with van der Waals surface area (Å²) >= 11 is 0.994. The average molecular weight is 323 g/mol. The third kappa shape index (κ3) is 2.03. The van der Waals surface area contributed by atoms with Crippen LogP contribution in [0.1, 0.15) is 25.6 Å². The first-order valence-corrected chi connectivity index (χ1v) is 8.20. The monoisotopic (exact) mass is 323 g/mol. The molecule has 0 saturated carbocycles. The summed E-state index contributed by atoms with van der Waals surface area (Å²) in [4.78, 5) is 23.3. The summed E-state index contributed by atoms with van der Waals surface area (Å²) in [6.07, 6.45) is 0. The van der Waals surface area contributed by atoms with Gasteiger partial charge in [0.05, 0.1) is 12.1 Å². The predicted molar refractivity (Wildman–Crippen MR) is 74.8 cm³/mol. The zero-order chi connectivity index (χ0) is 15.2. The van der Waals surface area contributed by atoms with Crippen LogP contribution in [0.15, 0.2) is 40.6 Å². The fourth-order valence-corrected chi connectivity index (χ4v) is 4.49. The summed E-state index contributed by atoms with van der Waals surface area (Å²) < 4.78 is 25.4. The normalized spacial score (nSPS) is 16.0. The van der Waals surface area contributed by atoms with E-state index < -0.39 is 21.9 Å². The van der Waals surface area contributed by atoms with Gasteiger partial charge in [-0.2, -0.15) is 0 Å². The Morgan fingerprint density at radius 1 is 1.24 bits per heavy atom. The van der Waals surface area contributed by atoms with Crippen LogP contribution >= 0.6 is 11.3 Å². The lowest BCUT2D eigenvalue weighted by atomic mass is 10.2. The number of fused-ring (bicyclic) bond motifs is 1. The topological polar surface area (TPSA) is 91.8 Å². The summed E-state index contributed by atoms with van der Waals surface area (Å²) in [6.45, 7) is -0.277. The lowest BCUT2D eigenvalue weighted by Gasteiger charge is -2.14. The first kappa shape index (κ1) is 13.8. The molecule has 0 radical (unpaired) electrons. The number of carboxylic acids is 1. The fraction of sp³-hybridized carbons (Fsp3) is 0.0769. The smallest absolute Gasteiger partial charge is 0.346 e. The molecule has 0 fully saturated rings. The Kier molecular flexibility index (Phi) is 3.07. The quantitative estimate of drug-likeness (QED) is 0.930. The Bertz CT molecular complexity index is 853. The predicted octanol–water partition coefficient (Wildman–Crippen LogP) is 1.79. The van der Waals surface area contributed by atoms with Crippen molar-refractivity contribution < 1.29 is 23.1 Å². The molecule has 1 aromatic heterocycles. The van der Waals surface area contributed by atoms with Gasteiger partial charge in [-0.25, -0.2) is 17.5 Å². The molecule has 0 saturated heterocycles. The molecular weight excluding hydrogens is 314 g/mol. The summed E-state index contributed by atoms with van der Waals surface area (Å²) in [5.41, 5.74) is 0.418. The van der Waals surface area contributed by atoms with E-state index in [1.807, 2.05) is 0 Å². The molecular formula is C13H9NO5S2. The first-order valence-electron chi connectivity index (χ1n) is 5.88. The van der Waals surface area contributed by atoms with Gasteiger partial charge in [-0.1, -0.05) is 12.1 Å². The van der Waals surface area contributed by atoms with Crippen molar-refractivity contribution in [3.05, 3.63) is 51.7 Å². The van der Waals surface area contributed by atoms with Gasteiger partial charge >= 0.3 is 5.97 Å². The van der Waals surface area contributed by atoms with Crippen molar-refractivity contribution in [2.75, 3.05) is 0 Å². The molecule has 1 aromatic carbocycles. The Morgan fingerprint density at radius 3 is 2.62 bits per heavy atom. The molecule has 8 heteroatoms. The van der Waals surface area contributed by atoms with E-state index in [9.17, 15) is 18.0 Å². The molecule has 1 aliphatic heterocycles. The van der Waals surface area contributed by atoms with E-state index in [4.69, 9.17) is 5.11 Å². The van der Waals surface area contributed by atoms with Gasteiger partial charge in [0.25, 0.3) is 15.9 Å². The molecule has 0 bridgehead atoms. The van der Waals surface area contributed by atoms with Gasteiger partial charge in [0.15, 0.2) is 0 Å². The second kappa shape index (κ2) is 4.68. The van der Waals surface area contributed by atoms with E-state index in [1.165, 1.54) is 18.2 Å². The molecule has 1 aliphatic rings. The van der Waals surface area contributed by atoms with Crippen LogP contribution in [0.4, 0.5) is 0 Å². The number of carbonyl (C=O) groups is 2. The molecule has 1 amide bonds. The van der Waals surface area contributed by atoms with Crippen molar-refractivity contribution in [1.82, 2.24) is 4.31 Å². The van der Waals surface area contributed by atoms with Crippen LogP contribution in [0.3, 0.4) is 0 Å². The summed E-state index contributed by atoms with van der Waals surface area (Å²) in [7, 11) is -3.92. The molecule has 2 aromatic rings. The number of sulfonamides is 1. The van der Waals surface area contributed by atoms with Crippen LogP contribution in [0, 0.1) is 0 Å². The van der Waals surface area contributed by atoms with Gasteiger partial charge in [0.1, 0.15) is 9.77 Å². The summed E-state index contributed by atoms with van der Waals surface area (Å²) in [6, 6.07) is 7.46. The Morgan fingerprint density at radius 2 is 1.95 bits per heavy atom. The highest BCUT2D eigenvalue weighted by Crippen LogP contribution is 2.32. The van der Waals surface area contributed by atoms with Crippen molar-refractivity contribution in [3.8, 4) is 0 Å². The van der Waals surface area contributed by atoms with E-state index in [0.717, 1.165) is 11.3 Å². The maximum Gasteiger partial charge on any atom is 0.346 e. The molecule has 2 heterocycles. The summed E-state index contributed by atoms with van der Waals surface area (Å²) in [5.74, 6) is -1.77. The lowest BCUT2D eigenvalue weighted by Crippen LogP contribution is -2.29. The second-order valence-corrected chi connectivity index (χ2v) is 7.14. The van der Waals surface area contributed by atoms with Gasteiger partial charge in [0.2, 0.25) is 0 Å². The SMILES string of the molecule is O=C(O)c1sccc1CN1C(=O)c2ccccc2S1(=O)=O. The van der Waals surface area contributed by atoms with Crippen LogP contribution in [0.25, 0.3) is 0 Å². The number of aromatic carboxylic acids is 1. The molecule has 1 N–H and O–H groups in total. The Hall–Kier alpha value is -2.19. The zero-order valence-corrected chi connectivity index (χ0v) is 12.1. The van der Waals surface area contributed by atoms with Gasteiger partial charge in [-0.3, -0.25) is 4.79 Å². The van der Waals surface area contributed by atoms with Gasteiger partial charge < -0.3 is 5.11 Å². The number of hydrogen-bond acceptors (Lipinski definition) is 5. The third-order valence-electron chi connectivity index (χ3n) is 3.17. The Balaban J connectivity index is 2.04. The highest BCUT2D eigenvalue weighted by molar-refractivity contribution is 7.90. The van der Waals surface area contributed by atoms with Crippen molar-refractivity contribution in [1.29, 1.82) is 0 Å². The molecule has 0 aliphatic carbocycles. The number of carbonyl (C=O) groups excluding carboxylic acids is 1. The first-order chi connectivity index (χ1) is 9.93. The number of rotatable bonds is 3. The number of nitrogens with zero attached hydrogens (tertiary/aromatic N) is 1. The van der Waals surface area contributed by atoms with Gasteiger partial charge in [-0.15, -0.1) is 11.3 Å². The largest absolute Gasteiger partial charge is 0.477 e. The van der Waals surface area contributed by atoms with Crippen LogP contribution < -0.4 is 0 Å². The Labute approximate surface area is 124 Å². The second-order valence-electron chi connectivity index (χ2n) is 4.39. The highest BCUT2D eigenvalue weighted by Gasteiger charge is 2.41. The highest BCUT2D eigenvalue weighted by atomic mass is 32.2. The molecule has 21 heavy (non-hydrogen) atoms. The van der Waals surface area contributed by atoms with Crippen molar-refractivity contribution in [2.45, 2.75) is 11.4 Å². The lowest BCUT2D eigenvalue weighted by molar-refractivity contribution is 0.0697. The van der Waals surface area contributed by atoms with Crippen LogP contribution in [0.5, 0.6) is 0 Å². The van der Waals surface area contributed by atoms with Crippen LogP contribution in [0.2, 0.25) is 0 Å². The molecule has 0 unspecified atom stereocenters. The third-order valence-corrected chi connectivity index (χ3v) is 5.90. The number of benzene rings is 1. The minimum Gasteiger partial charge on any atom is -0.477 e. The summed E-state index contributed by atoms with van der Waals surface area (Å²) in [5, 5.41) is 10.6. The maximum atomic E-state index is 12.4. The zero-order valence-electron chi connectivity index (χ0n) is 10.5. The molecule has 3 rings (SSSR count). The van der Waals surface area contributed by atoms with Crippen molar-refractivity contribution in [3.63, 3.8) is 0 Å². The average Bonchev–Trinajstić information content (AvgIpc) is 2.98. The fourth-order valence-electron chi connectivity index (χ4n) is 2.19. The van der Waals surface area contributed by atoms with E-state index in [0.29, 0.717) is 9.87 Å². The van der Waals surface area contributed by atoms with Crippen molar-refractivity contribution >= 4 is 33.2 Å². The molecule has 0 spiro atoms. The molecule has 6 nitrogen and oxygen atoms in total. The number of amides is 1. The molecule has 0 atom stereocenters. The van der Waals surface area contributed by atoms with E-state index in [2.05, 4.69) is 0 Å². The number of carboxylic acid groups (broad SMARTS) is 1. The minimum atomic E-state index is -3.92. The maximum absolute atomic E-state index is 12.4. The minimum absolute atomic E-state index is 0.0361. The van der Waals surface area contributed by atoms with Crippen LogP contribution in [-0.4, -0.2) is 29.7 Å². The van der Waals surface area contributed by atoms with E-state index in [1.54, 1.807) is 17.5 Å².